The zero-order chi connectivity index (χ0) is 7.94. The summed E-state index contributed by atoms with van der Waals surface area (Å²) in [6, 6.07) is -0.569. The fourth-order valence-electron chi connectivity index (χ4n) is 0.768. The molecule has 3 N–H and O–H groups in total. The van der Waals surface area contributed by atoms with Gasteiger partial charge in [0.15, 0.2) is 0 Å². The van der Waals surface area contributed by atoms with Gasteiger partial charge in [0, 0.05) is 6.66 Å². The number of carbonyl (C=O) groups excluding carboxylic acids is 1. The van der Waals surface area contributed by atoms with Crippen molar-refractivity contribution in [3.8, 4) is 0 Å². The maximum absolute atomic E-state index is 10.8. The van der Waals surface area contributed by atoms with Gasteiger partial charge < -0.3 is 10.6 Å². The van der Waals surface area contributed by atoms with Gasteiger partial charge in [-0.2, -0.15) is 0 Å². The van der Waals surface area contributed by atoms with Gasteiger partial charge in [-0.1, -0.05) is 0 Å². The molecule has 0 bridgehead atoms. The van der Waals surface area contributed by atoms with Crippen molar-refractivity contribution in [1.29, 1.82) is 0 Å². The van der Waals surface area contributed by atoms with Crippen LogP contribution in [0.4, 0.5) is 0 Å². The maximum atomic E-state index is 10.8. The number of hydrogen-bond donors (Lipinski definition) is 2. The number of nitrogens with zero attached hydrogens (tertiary/aromatic N) is 1. The van der Waals surface area contributed by atoms with Crippen molar-refractivity contribution in [2.45, 2.75) is 6.04 Å². The third-order valence-electron chi connectivity index (χ3n) is 1.39. The summed E-state index contributed by atoms with van der Waals surface area (Å²) < 4.78 is 11.7. The number of carbonyl (C=O) groups is 1. The molecule has 1 saturated heterocycles. The van der Waals surface area contributed by atoms with Crippen LogP contribution in [0.2, 0.25) is 0 Å². The lowest BCUT2D eigenvalue weighted by Crippen LogP contribution is -2.58. The van der Waals surface area contributed by atoms with Crippen molar-refractivity contribution in [2.75, 3.05) is 13.2 Å². The van der Waals surface area contributed by atoms with Crippen molar-refractivity contribution in [1.82, 2.24) is 4.67 Å². The van der Waals surface area contributed by atoms with Crippen LogP contribution >= 0.6 is 7.52 Å². The highest BCUT2D eigenvalue weighted by Crippen LogP contribution is 2.44. The van der Waals surface area contributed by atoms with Crippen LogP contribution in [-0.2, 0) is 9.36 Å². The minimum atomic E-state index is -3.36. The second kappa shape index (κ2) is 2.05. The molecule has 10 heavy (non-hydrogen) atoms. The Balaban J connectivity index is 2.65. The Kier molecular flexibility index (Phi) is 1.58. The van der Waals surface area contributed by atoms with Crippen LogP contribution in [-0.4, -0.2) is 34.7 Å². The van der Waals surface area contributed by atoms with Crippen LogP contribution < -0.4 is 5.73 Å². The zero-order valence-corrected chi connectivity index (χ0v) is 6.41. The third-order valence-corrected chi connectivity index (χ3v) is 2.65. The van der Waals surface area contributed by atoms with Gasteiger partial charge in [0.25, 0.3) is 7.52 Å². The van der Waals surface area contributed by atoms with E-state index in [1.807, 2.05) is 0 Å². The first kappa shape index (κ1) is 7.72. The average Bonchev–Trinajstić information content (AvgIpc) is 1.79. The highest BCUT2D eigenvalue weighted by atomic mass is 31.2. The van der Waals surface area contributed by atoms with Gasteiger partial charge in [0.1, 0.15) is 6.04 Å². The Labute approximate surface area is 58.3 Å². The summed E-state index contributed by atoms with van der Waals surface area (Å²) in [5, 5.41) is 0. The Hall–Kier alpha value is -0.380. The molecule has 2 unspecified atom stereocenters. The van der Waals surface area contributed by atoms with E-state index in [1.54, 1.807) is 0 Å². The Morgan fingerprint density at radius 2 is 2.40 bits per heavy atom. The molecular formula is C4H9N2O3P. The fraction of sp³-hybridized carbons (Fsp3) is 0.750. The molecule has 0 saturated carbocycles. The molecule has 0 aromatic rings. The fourth-order valence-corrected chi connectivity index (χ4v) is 1.76. The van der Waals surface area contributed by atoms with Crippen molar-refractivity contribution in [3.63, 3.8) is 0 Å². The van der Waals surface area contributed by atoms with Crippen LogP contribution in [0.25, 0.3) is 0 Å². The van der Waals surface area contributed by atoms with E-state index in [0.29, 0.717) is 0 Å². The standard InChI is InChI=1S/C4H9N2O3P/c1-10(8,9)6-2-3(5)4(6)7/h3H,2,5H2,1H3,(H,8,9). The minimum Gasteiger partial charge on any atom is -0.329 e. The van der Waals surface area contributed by atoms with Gasteiger partial charge in [0.2, 0.25) is 5.91 Å². The Morgan fingerprint density at radius 3 is 2.50 bits per heavy atom. The van der Waals surface area contributed by atoms with E-state index in [2.05, 4.69) is 0 Å². The molecular weight excluding hydrogens is 155 g/mol. The quantitative estimate of drug-likeness (QED) is 0.383. The zero-order valence-electron chi connectivity index (χ0n) is 5.52. The van der Waals surface area contributed by atoms with Gasteiger partial charge in [0.05, 0.1) is 6.54 Å². The molecule has 0 aromatic heterocycles. The average molecular weight is 164 g/mol. The molecule has 1 rings (SSSR count). The molecule has 1 amide bonds. The Morgan fingerprint density at radius 1 is 1.90 bits per heavy atom. The van der Waals surface area contributed by atoms with E-state index in [4.69, 9.17) is 10.6 Å². The maximum Gasteiger partial charge on any atom is 0.293 e. The van der Waals surface area contributed by atoms with Crippen LogP contribution in [0.5, 0.6) is 0 Å². The summed E-state index contributed by atoms with van der Waals surface area (Å²) in [4.78, 5) is 19.5. The largest absolute Gasteiger partial charge is 0.329 e. The molecule has 0 radical (unpaired) electrons. The van der Waals surface area contributed by atoms with Crippen LogP contribution in [0.3, 0.4) is 0 Å². The van der Waals surface area contributed by atoms with E-state index in [9.17, 15) is 9.36 Å². The summed E-state index contributed by atoms with van der Waals surface area (Å²) in [5.41, 5.74) is 5.19. The highest BCUT2D eigenvalue weighted by Gasteiger charge is 2.41. The van der Waals surface area contributed by atoms with E-state index in [1.165, 1.54) is 0 Å². The molecule has 1 fully saturated rings. The molecule has 2 atom stereocenters. The lowest BCUT2D eigenvalue weighted by atomic mass is 10.2. The molecule has 58 valence electrons. The van der Waals surface area contributed by atoms with E-state index in [0.717, 1.165) is 11.3 Å². The third kappa shape index (κ3) is 1.08. The number of hydrogen-bond acceptors (Lipinski definition) is 3. The van der Waals surface area contributed by atoms with Crippen molar-refractivity contribution >= 4 is 13.4 Å². The first-order valence-corrected chi connectivity index (χ1v) is 4.86. The SMILES string of the molecule is CP(=O)(O)N1CC(N)C1=O. The molecule has 5 nitrogen and oxygen atoms in total. The first-order chi connectivity index (χ1) is 4.43. The Bertz CT molecular complexity index is 211. The first-order valence-electron chi connectivity index (χ1n) is 2.80. The molecule has 6 heteroatoms. The summed E-state index contributed by atoms with van der Waals surface area (Å²) in [6.07, 6.45) is 0. The summed E-state index contributed by atoms with van der Waals surface area (Å²) in [7, 11) is -3.36. The van der Waals surface area contributed by atoms with E-state index >= 15 is 0 Å². The summed E-state index contributed by atoms with van der Waals surface area (Å²) >= 11 is 0. The van der Waals surface area contributed by atoms with Crippen molar-refractivity contribution in [3.05, 3.63) is 0 Å². The topological polar surface area (TPSA) is 83.6 Å². The molecule has 1 heterocycles. The monoisotopic (exact) mass is 164 g/mol. The molecule has 1 aliphatic rings. The van der Waals surface area contributed by atoms with Crippen LogP contribution in [0, 0.1) is 0 Å². The summed E-state index contributed by atoms with van der Waals surface area (Å²) in [5.74, 6) is -0.437. The molecule has 0 spiro atoms. The van der Waals surface area contributed by atoms with E-state index < -0.39 is 19.5 Å². The van der Waals surface area contributed by atoms with Gasteiger partial charge in [-0.3, -0.25) is 14.0 Å². The second-order valence-electron chi connectivity index (χ2n) is 2.36. The predicted molar refractivity (Wildman–Crippen MR) is 35.4 cm³/mol. The van der Waals surface area contributed by atoms with Crippen molar-refractivity contribution < 1.29 is 14.3 Å². The highest BCUT2D eigenvalue weighted by molar-refractivity contribution is 7.55. The number of β-lactam (4-membered cyclic amide) rings is 1. The number of nitrogens with two attached hydrogens (primary N) is 1. The predicted octanol–water partition coefficient (Wildman–Crippen LogP) is -1.03. The smallest absolute Gasteiger partial charge is 0.293 e. The van der Waals surface area contributed by atoms with Gasteiger partial charge in [-0.05, 0) is 0 Å². The van der Waals surface area contributed by atoms with Gasteiger partial charge in [-0.25, -0.2) is 0 Å². The molecule has 0 aliphatic carbocycles. The lowest BCUT2D eigenvalue weighted by molar-refractivity contribution is -0.135. The minimum absolute atomic E-state index is 0.198. The van der Waals surface area contributed by atoms with Gasteiger partial charge >= 0.3 is 0 Å². The van der Waals surface area contributed by atoms with Crippen molar-refractivity contribution in [2.24, 2.45) is 5.73 Å². The molecule has 0 aromatic carbocycles. The lowest BCUT2D eigenvalue weighted by Gasteiger charge is -2.37. The number of rotatable bonds is 1. The van der Waals surface area contributed by atoms with E-state index in [-0.39, 0.29) is 6.54 Å². The summed E-state index contributed by atoms with van der Waals surface area (Å²) in [6.45, 7) is 1.32. The molecule has 1 aliphatic heterocycles. The second-order valence-corrected chi connectivity index (χ2v) is 4.52. The van der Waals surface area contributed by atoms with Crippen LogP contribution in [0.1, 0.15) is 0 Å². The van der Waals surface area contributed by atoms with Crippen LogP contribution in [0.15, 0.2) is 0 Å². The van der Waals surface area contributed by atoms with Gasteiger partial charge in [-0.15, -0.1) is 0 Å². The normalized spacial score (nSPS) is 31.3. The number of amides is 1.